The highest BCUT2D eigenvalue weighted by atomic mass is 32.2. The van der Waals surface area contributed by atoms with Crippen molar-refractivity contribution in [3.63, 3.8) is 0 Å². The number of nitrogens with one attached hydrogen (secondary N) is 2. The number of hydroxylamine groups is 1. The standard InChI is InChI=1S/C25H28N4O6S/c1-17-13-19(21-5-3-4-6-22(21)26-17)15-35-20-9-7-18(8-10-20)24(31)27-25(14-23(30)28-32)11-12-29(16-25)36(2,33)34/h3-10,13,32H,11-12,14-16H2,1-2H3,(H,27,31)(H,28,30). The van der Waals surface area contributed by atoms with Gasteiger partial charge in [0.15, 0.2) is 0 Å². The summed E-state index contributed by atoms with van der Waals surface area (Å²) in [5, 5.41) is 12.8. The number of para-hydroxylation sites is 1. The average Bonchev–Trinajstić information content (AvgIpc) is 3.26. The Kier molecular flexibility index (Phi) is 7.25. The number of aromatic nitrogens is 1. The Morgan fingerprint density at radius 3 is 2.56 bits per heavy atom. The van der Waals surface area contributed by atoms with Gasteiger partial charge in [-0.3, -0.25) is 19.8 Å². The van der Waals surface area contributed by atoms with Gasteiger partial charge in [-0.15, -0.1) is 0 Å². The maximum absolute atomic E-state index is 13.0. The highest BCUT2D eigenvalue weighted by Gasteiger charge is 2.44. The molecule has 1 aliphatic heterocycles. The Hall–Kier alpha value is -3.54. The van der Waals surface area contributed by atoms with Gasteiger partial charge in [0.05, 0.1) is 23.7 Å². The Morgan fingerprint density at radius 2 is 1.89 bits per heavy atom. The maximum Gasteiger partial charge on any atom is 0.251 e. The highest BCUT2D eigenvalue weighted by Crippen LogP contribution is 2.28. The first-order valence-electron chi connectivity index (χ1n) is 11.4. The Bertz CT molecular complexity index is 1390. The molecule has 190 valence electrons. The topological polar surface area (TPSA) is 138 Å². The fourth-order valence-electron chi connectivity index (χ4n) is 4.45. The minimum Gasteiger partial charge on any atom is -0.489 e. The second kappa shape index (κ2) is 10.2. The number of rotatable bonds is 8. The maximum atomic E-state index is 13.0. The fraction of sp³-hybridized carbons (Fsp3) is 0.320. The van der Waals surface area contributed by atoms with Crippen LogP contribution in [0.5, 0.6) is 5.75 Å². The molecule has 3 N–H and O–H groups in total. The van der Waals surface area contributed by atoms with Gasteiger partial charge in [-0.1, -0.05) is 18.2 Å². The lowest BCUT2D eigenvalue weighted by Gasteiger charge is -2.29. The summed E-state index contributed by atoms with van der Waals surface area (Å²) in [6.45, 7) is 2.36. The second-order valence-corrected chi connectivity index (χ2v) is 11.0. The first-order chi connectivity index (χ1) is 17.1. The molecule has 0 radical (unpaired) electrons. The lowest BCUT2D eigenvalue weighted by atomic mass is 9.93. The van der Waals surface area contributed by atoms with E-state index in [2.05, 4.69) is 10.3 Å². The number of carbonyl (C=O) groups excluding carboxylic acids is 2. The normalized spacial score (nSPS) is 18.2. The zero-order valence-corrected chi connectivity index (χ0v) is 20.8. The van der Waals surface area contributed by atoms with Gasteiger partial charge >= 0.3 is 0 Å². The number of pyridine rings is 1. The summed E-state index contributed by atoms with van der Waals surface area (Å²) >= 11 is 0. The van der Waals surface area contributed by atoms with Crippen LogP contribution in [0, 0.1) is 6.92 Å². The Labute approximate surface area is 209 Å². The van der Waals surface area contributed by atoms with Crippen molar-refractivity contribution in [1.29, 1.82) is 0 Å². The molecule has 11 heteroatoms. The SMILES string of the molecule is Cc1cc(COc2ccc(C(=O)NC3(CC(=O)NO)CCN(S(C)(=O)=O)C3)cc2)c2ccccc2n1. The summed E-state index contributed by atoms with van der Waals surface area (Å²) in [7, 11) is -3.50. The summed E-state index contributed by atoms with van der Waals surface area (Å²) in [5.41, 5.74) is 3.54. The van der Waals surface area contributed by atoms with E-state index in [9.17, 15) is 18.0 Å². The number of fused-ring (bicyclic) bond motifs is 1. The number of nitrogens with zero attached hydrogens (tertiary/aromatic N) is 2. The molecular weight excluding hydrogens is 484 g/mol. The van der Waals surface area contributed by atoms with Crippen LogP contribution in [0.2, 0.25) is 0 Å². The second-order valence-electron chi connectivity index (χ2n) is 9.05. The van der Waals surface area contributed by atoms with Crippen LogP contribution in [0.3, 0.4) is 0 Å². The molecule has 4 rings (SSSR count). The number of amides is 2. The molecule has 36 heavy (non-hydrogen) atoms. The summed E-state index contributed by atoms with van der Waals surface area (Å²) in [6, 6.07) is 16.4. The summed E-state index contributed by atoms with van der Waals surface area (Å²) in [4.78, 5) is 29.4. The van der Waals surface area contributed by atoms with Crippen molar-refractivity contribution >= 4 is 32.7 Å². The predicted octanol–water partition coefficient (Wildman–Crippen LogP) is 2.15. The molecule has 10 nitrogen and oxygen atoms in total. The smallest absolute Gasteiger partial charge is 0.251 e. The number of aryl methyl sites for hydroxylation is 1. The number of benzene rings is 2. The van der Waals surface area contributed by atoms with Crippen LogP contribution in [-0.2, 0) is 21.4 Å². The average molecular weight is 513 g/mol. The van der Waals surface area contributed by atoms with E-state index >= 15 is 0 Å². The van der Waals surface area contributed by atoms with E-state index in [0.717, 1.165) is 28.4 Å². The van der Waals surface area contributed by atoms with E-state index in [0.29, 0.717) is 17.9 Å². The zero-order chi connectivity index (χ0) is 25.9. The van der Waals surface area contributed by atoms with Crippen LogP contribution in [-0.4, -0.2) is 59.6 Å². The van der Waals surface area contributed by atoms with E-state index in [1.54, 1.807) is 29.7 Å². The molecule has 1 saturated heterocycles. The van der Waals surface area contributed by atoms with Crippen molar-refractivity contribution in [2.75, 3.05) is 19.3 Å². The first kappa shape index (κ1) is 25.5. The van der Waals surface area contributed by atoms with Gasteiger partial charge in [0, 0.05) is 35.3 Å². The Balaban J connectivity index is 1.45. The van der Waals surface area contributed by atoms with Crippen LogP contribution in [0.1, 0.15) is 34.5 Å². The van der Waals surface area contributed by atoms with Gasteiger partial charge in [-0.25, -0.2) is 13.9 Å². The van der Waals surface area contributed by atoms with Gasteiger partial charge in [0.1, 0.15) is 12.4 Å². The number of carbonyl (C=O) groups is 2. The van der Waals surface area contributed by atoms with Gasteiger partial charge in [0.25, 0.3) is 5.91 Å². The number of sulfonamides is 1. The first-order valence-corrected chi connectivity index (χ1v) is 13.2. The fourth-order valence-corrected chi connectivity index (χ4v) is 5.35. The molecule has 0 bridgehead atoms. The van der Waals surface area contributed by atoms with Crippen LogP contribution >= 0.6 is 0 Å². The molecule has 1 aromatic heterocycles. The number of ether oxygens (including phenoxy) is 1. The van der Waals surface area contributed by atoms with Crippen molar-refractivity contribution in [3.8, 4) is 5.75 Å². The molecule has 2 aromatic carbocycles. The molecular formula is C25H28N4O6S. The van der Waals surface area contributed by atoms with Gasteiger partial charge in [-0.2, -0.15) is 4.31 Å². The molecule has 2 amide bonds. The third kappa shape index (κ3) is 5.81. The molecule has 0 aliphatic carbocycles. The molecule has 1 fully saturated rings. The van der Waals surface area contributed by atoms with Gasteiger partial charge in [0.2, 0.25) is 15.9 Å². The van der Waals surface area contributed by atoms with E-state index in [1.807, 2.05) is 37.3 Å². The minimum absolute atomic E-state index is 0.0640. The van der Waals surface area contributed by atoms with Gasteiger partial charge < -0.3 is 10.1 Å². The molecule has 0 saturated carbocycles. The van der Waals surface area contributed by atoms with E-state index in [1.165, 1.54) is 4.31 Å². The lowest BCUT2D eigenvalue weighted by molar-refractivity contribution is -0.130. The molecule has 1 aliphatic rings. The Morgan fingerprint density at radius 1 is 1.17 bits per heavy atom. The third-order valence-electron chi connectivity index (χ3n) is 6.23. The third-order valence-corrected chi connectivity index (χ3v) is 7.48. The van der Waals surface area contributed by atoms with Crippen LogP contribution < -0.4 is 15.5 Å². The van der Waals surface area contributed by atoms with E-state index < -0.39 is 27.4 Å². The lowest BCUT2D eigenvalue weighted by Crippen LogP contribution is -2.53. The molecule has 1 atom stereocenters. The number of hydrogen-bond donors (Lipinski definition) is 3. The monoisotopic (exact) mass is 512 g/mol. The molecule has 0 spiro atoms. The van der Waals surface area contributed by atoms with Crippen LogP contribution in [0.15, 0.2) is 54.6 Å². The summed E-state index contributed by atoms with van der Waals surface area (Å²) < 4.78 is 31.1. The zero-order valence-electron chi connectivity index (χ0n) is 20.0. The van der Waals surface area contributed by atoms with Gasteiger partial charge in [-0.05, 0) is 49.7 Å². The quantitative estimate of drug-likeness (QED) is 0.311. The largest absolute Gasteiger partial charge is 0.489 e. The van der Waals surface area contributed by atoms with E-state index in [4.69, 9.17) is 9.94 Å². The molecule has 1 unspecified atom stereocenters. The van der Waals surface area contributed by atoms with Crippen LogP contribution in [0.4, 0.5) is 0 Å². The van der Waals surface area contributed by atoms with Crippen LogP contribution in [0.25, 0.3) is 10.9 Å². The molecule has 2 heterocycles. The predicted molar refractivity (Wildman–Crippen MR) is 133 cm³/mol. The van der Waals surface area contributed by atoms with Crippen molar-refractivity contribution in [2.45, 2.75) is 31.9 Å². The number of hydrogen-bond acceptors (Lipinski definition) is 7. The summed E-state index contributed by atoms with van der Waals surface area (Å²) in [6.07, 6.45) is 1.05. The highest BCUT2D eigenvalue weighted by molar-refractivity contribution is 7.88. The van der Waals surface area contributed by atoms with Crippen molar-refractivity contribution in [3.05, 3.63) is 71.4 Å². The van der Waals surface area contributed by atoms with E-state index in [-0.39, 0.29) is 25.9 Å². The van der Waals surface area contributed by atoms with Crippen molar-refractivity contribution < 1.29 is 28.0 Å². The van der Waals surface area contributed by atoms with Crippen molar-refractivity contribution in [1.82, 2.24) is 20.1 Å². The summed E-state index contributed by atoms with van der Waals surface area (Å²) in [5.74, 6) is -0.602. The molecule has 3 aromatic rings. The minimum atomic E-state index is -3.50. The van der Waals surface area contributed by atoms with Crippen molar-refractivity contribution in [2.24, 2.45) is 0 Å².